The van der Waals surface area contributed by atoms with Crippen LogP contribution in [0.3, 0.4) is 0 Å². The molecule has 1 heterocycles. The van der Waals surface area contributed by atoms with Crippen LogP contribution in [0.1, 0.15) is 10.6 Å². The molecule has 26 heavy (non-hydrogen) atoms. The van der Waals surface area contributed by atoms with Gasteiger partial charge in [-0.05, 0) is 36.4 Å². The van der Waals surface area contributed by atoms with Crippen LogP contribution in [0.15, 0.2) is 47.8 Å². The molecular weight excluding hydrogens is 351 g/mol. The molecule has 0 aliphatic heterocycles. The molecule has 0 N–H and O–H groups in total. The molecule has 0 atom stereocenters. The van der Waals surface area contributed by atoms with Crippen LogP contribution in [0, 0.1) is 17.1 Å². The van der Waals surface area contributed by atoms with Crippen LogP contribution in [0.2, 0.25) is 0 Å². The van der Waals surface area contributed by atoms with Gasteiger partial charge in [0.2, 0.25) is 0 Å². The Morgan fingerprint density at radius 2 is 1.92 bits per heavy atom. The molecule has 0 unspecified atom stereocenters. The smallest absolute Gasteiger partial charge is 0.167 e. The molecule has 3 aromatic rings. The monoisotopic (exact) mass is 366 g/mol. The summed E-state index contributed by atoms with van der Waals surface area (Å²) >= 11 is 1.36. The van der Waals surface area contributed by atoms with Crippen LogP contribution in [-0.2, 0) is 0 Å². The molecule has 1 aromatic heterocycles. The number of hydrogen-bond donors (Lipinski definition) is 0. The highest BCUT2D eigenvalue weighted by atomic mass is 32.1. The summed E-state index contributed by atoms with van der Waals surface area (Å²) in [6, 6.07) is 13.7. The highest BCUT2D eigenvalue weighted by Gasteiger charge is 2.12. The van der Waals surface area contributed by atoms with Gasteiger partial charge < -0.3 is 9.47 Å². The van der Waals surface area contributed by atoms with E-state index >= 15 is 0 Å². The zero-order valence-corrected chi connectivity index (χ0v) is 15.0. The number of thiazole rings is 1. The van der Waals surface area contributed by atoms with Crippen molar-refractivity contribution >= 4 is 23.0 Å². The zero-order valence-electron chi connectivity index (χ0n) is 14.2. The van der Waals surface area contributed by atoms with Crippen molar-refractivity contribution in [3.05, 3.63) is 64.2 Å². The zero-order chi connectivity index (χ0) is 18.5. The Morgan fingerprint density at radius 1 is 1.15 bits per heavy atom. The van der Waals surface area contributed by atoms with Gasteiger partial charge in [0, 0.05) is 16.5 Å². The third-order valence-electron chi connectivity index (χ3n) is 3.73. The van der Waals surface area contributed by atoms with E-state index in [1.54, 1.807) is 38.5 Å². The lowest BCUT2D eigenvalue weighted by Crippen LogP contribution is -1.93. The molecular formula is C20H15FN2O2S. The average Bonchev–Trinajstić information content (AvgIpc) is 3.16. The summed E-state index contributed by atoms with van der Waals surface area (Å²) in [5.74, 6) is 0.842. The van der Waals surface area contributed by atoms with Crippen molar-refractivity contribution in [1.82, 2.24) is 4.98 Å². The summed E-state index contributed by atoms with van der Waals surface area (Å²) < 4.78 is 23.8. The van der Waals surface area contributed by atoms with Crippen LogP contribution >= 0.6 is 11.3 Å². The van der Waals surface area contributed by atoms with Crippen molar-refractivity contribution in [1.29, 1.82) is 5.26 Å². The Kier molecular flexibility index (Phi) is 5.30. The maximum atomic E-state index is 13.1. The minimum Gasteiger partial charge on any atom is -0.493 e. The van der Waals surface area contributed by atoms with E-state index in [-0.39, 0.29) is 5.82 Å². The second kappa shape index (κ2) is 7.81. The van der Waals surface area contributed by atoms with Crippen molar-refractivity contribution in [2.24, 2.45) is 0 Å². The molecule has 130 valence electrons. The van der Waals surface area contributed by atoms with Crippen LogP contribution in [0.25, 0.3) is 22.9 Å². The number of para-hydroxylation sites is 1. The maximum Gasteiger partial charge on any atom is 0.167 e. The SMILES string of the molecule is COc1cccc(C=C(C#N)c2nc(-c3ccc(F)cc3)cs2)c1OC. The first-order valence-corrected chi connectivity index (χ1v) is 8.59. The molecule has 0 saturated heterocycles. The molecule has 6 heteroatoms. The molecule has 0 radical (unpaired) electrons. The lowest BCUT2D eigenvalue weighted by Gasteiger charge is -2.10. The van der Waals surface area contributed by atoms with E-state index in [2.05, 4.69) is 11.1 Å². The Balaban J connectivity index is 1.99. The van der Waals surface area contributed by atoms with Gasteiger partial charge >= 0.3 is 0 Å². The summed E-state index contributed by atoms with van der Waals surface area (Å²) in [7, 11) is 3.11. The number of ether oxygens (including phenoxy) is 2. The summed E-state index contributed by atoms with van der Waals surface area (Å²) in [6.45, 7) is 0. The fraction of sp³-hybridized carbons (Fsp3) is 0.100. The Hall–Kier alpha value is -3.17. The number of halogens is 1. The number of nitrogens with zero attached hydrogens (tertiary/aromatic N) is 2. The quantitative estimate of drug-likeness (QED) is 0.594. The van der Waals surface area contributed by atoms with Crippen molar-refractivity contribution < 1.29 is 13.9 Å². The number of rotatable bonds is 5. The number of nitriles is 1. The molecule has 0 fully saturated rings. The van der Waals surface area contributed by atoms with Crippen molar-refractivity contribution in [2.75, 3.05) is 14.2 Å². The van der Waals surface area contributed by atoms with Gasteiger partial charge in [-0.1, -0.05) is 12.1 Å². The van der Waals surface area contributed by atoms with E-state index < -0.39 is 0 Å². The van der Waals surface area contributed by atoms with Gasteiger partial charge in [0.1, 0.15) is 16.9 Å². The first-order valence-electron chi connectivity index (χ1n) is 7.71. The topological polar surface area (TPSA) is 55.1 Å². The average molecular weight is 366 g/mol. The third kappa shape index (κ3) is 3.58. The number of hydrogen-bond acceptors (Lipinski definition) is 5. The van der Waals surface area contributed by atoms with Gasteiger partial charge in [-0.25, -0.2) is 9.37 Å². The minimum atomic E-state index is -0.299. The number of methoxy groups -OCH3 is 2. The van der Waals surface area contributed by atoms with Gasteiger partial charge in [-0.3, -0.25) is 0 Å². The lowest BCUT2D eigenvalue weighted by molar-refractivity contribution is 0.354. The van der Waals surface area contributed by atoms with Gasteiger partial charge in [0.15, 0.2) is 11.5 Å². The van der Waals surface area contributed by atoms with Gasteiger partial charge in [0.05, 0.1) is 25.5 Å². The van der Waals surface area contributed by atoms with Crippen LogP contribution in [0.4, 0.5) is 4.39 Å². The largest absolute Gasteiger partial charge is 0.493 e. The van der Waals surface area contributed by atoms with Crippen LogP contribution in [-0.4, -0.2) is 19.2 Å². The van der Waals surface area contributed by atoms with Gasteiger partial charge in [-0.2, -0.15) is 5.26 Å². The molecule has 0 aliphatic rings. The summed E-state index contributed by atoms with van der Waals surface area (Å²) in [5, 5.41) is 12.0. The molecule has 3 rings (SSSR count). The molecule has 0 aliphatic carbocycles. The highest BCUT2D eigenvalue weighted by Crippen LogP contribution is 2.34. The van der Waals surface area contributed by atoms with E-state index in [1.165, 1.54) is 23.5 Å². The van der Waals surface area contributed by atoms with E-state index in [0.29, 0.717) is 27.8 Å². The van der Waals surface area contributed by atoms with Gasteiger partial charge in [0.25, 0.3) is 0 Å². The molecule has 0 spiro atoms. The number of aromatic nitrogens is 1. The Bertz CT molecular complexity index is 988. The second-order valence-electron chi connectivity index (χ2n) is 5.30. The molecule has 4 nitrogen and oxygen atoms in total. The van der Waals surface area contributed by atoms with Gasteiger partial charge in [-0.15, -0.1) is 11.3 Å². The third-order valence-corrected chi connectivity index (χ3v) is 4.60. The van der Waals surface area contributed by atoms with Crippen LogP contribution in [0.5, 0.6) is 11.5 Å². The fourth-order valence-electron chi connectivity index (χ4n) is 2.47. The summed E-state index contributed by atoms with van der Waals surface area (Å²) in [5.41, 5.74) is 2.63. The first kappa shape index (κ1) is 17.6. The first-order chi connectivity index (χ1) is 12.7. The van der Waals surface area contributed by atoms with Crippen LogP contribution < -0.4 is 9.47 Å². The van der Waals surface area contributed by atoms with Crippen molar-refractivity contribution in [3.63, 3.8) is 0 Å². The predicted octanol–water partition coefficient (Wildman–Crippen LogP) is 5.03. The summed E-state index contributed by atoms with van der Waals surface area (Å²) in [6.07, 6.45) is 1.72. The summed E-state index contributed by atoms with van der Waals surface area (Å²) in [4.78, 5) is 4.51. The molecule has 0 saturated carbocycles. The minimum absolute atomic E-state index is 0.299. The number of benzene rings is 2. The van der Waals surface area contributed by atoms with E-state index in [9.17, 15) is 9.65 Å². The predicted molar refractivity (Wildman–Crippen MR) is 101 cm³/mol. The Labute approximate surface area is 154 Å². The molecule has 2 aromatic carbocycles. The Morgan fingerprint density at radius 3 is 2.58 bits per heavy atom. The number of allylic oxidation sites excluding steroid dienone is 1. The van der Waals surface area contributed by atoms with E-state index in [0.717, 1.165) is 11.1 Å². The normalized spacial score (nSPS) is 11.1. The maximum absolute atomic E-state index is 13.1. The molecule has 0 bridgehead atoms. The van der Waals surface area contributed by atoms with E-state index in [4.69, 9.17) is 9.47 Å². The standard InChI is InChI=1S/C20H15FN2O2S/c1-24-18-5-3-4-14(19(18)25-2)10-15(11-22)20-23-17(12-26-20)13-6-8-16(21)9-7-13/h3-10,12H,1-2H3. The lowest BCUT2D eigenvalue weighted by atomic mass is 10.1. The van der Waals surface area contributed by atoms with Crippen molar-refractivity contribution in [3.8, 4) is 28.8 Å². The fourth-order valence-corrected chi connectivity index (χ4v) is 3.27. The molecule has 0 amide bonds. The van der Waals surface area contributed by atoms with Crippen molar-refractivity contribution in [2.45, 2.75) is 0 Å². The van der Waals surface area contributed by atoms with E-state index in [1.807, 2.05) is 17.5 Å². The highest BCUT2D eigenvalue weighted by molar-refractivity contribution is 7.11. The second-order valence-corrected chi connectivity index (χ2v) is 6.16.